The number of carbonyl (C=O) groups excluding carboxylic acids is 1. The van der Waals surface area contributed by atoms with Crippen molar-refractivity contribution in [1.82, 2.24) is 11.1 Å². The SMILES string of the molecule is CC(C)(C)C([NH])C(=O)NCCF. The molecule has 0 bridgehead atoms. The number of hydrogen-bond donors (Lipinski definition) is 1. The van der Waals surface area contributed by atoms with E-state index in [1.165, 1.54) is 0 Å². The van der Waals surface area contributed by atoms with E-state index in [0.717, 1.165) is 0 Å². The topological polar surface area (TPSA) is 52.9 Å². The number of hydrogen-bond acceptors (Lipinski definition) is 1. The van der Waals surface area contributed by atoms with Crippen LogP contribution in [-0.2, 0) is 4.79 Å². The minimum Gasteiger partial charge on any atom is -0.352 e. The molecule has 12 heavy (non-hydrogen) atoms. The molecule has 0 aromatic carbocycles. The van der Waals surface area contributed by atoms with Gasteiger partial charge in [0.15, 0.2) is 0 Å². The molecule has 71 valence electrons. The molecule has 0 fully saturated rings. The van der Waals surface area contributed by atoms with Gasteiger partial charge < -0.3 is 5.32 Å². The van der Waals surface area contributed by atoms with Gasteiger partial charge in [0.25, 0.3) is 0 Å². The fraction of sp³-hybridized carbons (Fsp3) is 0.875. The molecular weight excluding hydrogens is 159 g/mol. The van der Waals surface area contributed by atoms with Crippen LogP contribution >= 0.6 is 0 Å². The van der Waals surface area contributed by atoms with Crippen LogP contribution in [0.1, 0.15) is 20.8 Å². The Kier molecular flexibility index (Phi) is 4.17. The van der Waals surface area contributed by atoms with E-state index in [1.54, 1.807) is 20.8 Å². The monoisotopic (exact) mass is 175 g/mol. The maximum Gasteiger partial charge on any atom is 0.239 e. The fourth-order valence-corrected chi connectivity index (χ4v) is 0.666. The molecule has 4 heteroatoms. The highest BCUT2D eigenvalue weighted by Gasteiger charge is 2.27. The molecule has 0 saturated heterocycles. The van der Waals surface area contributed by atoms with Crippen molar-refractivity contribution in [2.45, 2.75) is 26.8 Å². The van der Waals surface area contributed by atoms with Crippen LogP contribution < -0.4 is 11.1 Å². The first-order valence-corrected chi connectivity index (χ1v) is 3.94. The molecule has 0 aliphatic carbocycles. The standard InChI is InChI=1S/C8H16FN2O/c1-8(2,3)6(10)7(12)11-5-4-9/h6,10H,4-5H2,1-3H3,(H,11,12). The summed E-state index contributed by atoms with van der Waals surface area (Å²) in [5.74, 6) is -0.403. The third-order valence-corrected chi connectivity index (χ3v) is 1.52. The lowest BCUT2D eigenvalue weighted by Crippen LogP contribution is -2.44. The van der Waals surface area contributed by atoms with Gasteiger partial charge in [0, 0.05) is 6.54 Å². The molecule has 0 rings (SSSR count). The normalized spacial score (nSPS) is 14.1. The number of halogens is 1. The highest BCUT2D eigenvalue weighted by atomic mass is 19.1. The van der Waals surface area contributed by atoms with E-state index in [4.69, 9.17) is 5.73 Å². The van der Waals surface area contributed by atoms with Crippen LogP contribution in [-0.4, -0.2) is 25.2 Å². The molecule has 0 aromatic heterocycles. The second-order valence-corrected chi connectivity index (χ2v) is 3.78. The molecule has 1 unspecified atom stereocenters. The maximum absolute atomic E-state index is 11.6. The van der Waals surface area contributed by atoms with Crippen molar-refractivity contribution < 1.29 is 9.18 Å². The van der Waals surface area contributed by atoms with Crippen LogP contribution in [0.2, 0.25) is 0 Å². The van der Waals surface area contributed by atoms with Crippen molar-refractivity contribution in [2.24, 2.45) is 5.41 Å². The van der Waals surface area contributed by atoms with Gasteiger partial charge in [-0.25, -0.2) is 10.1 Å². The predicted octanol–water partition coefficient (Wildman–Crippen LogP) is 0.770. The molecule has 3 nitrogen and oxygen atoms in total. The van der Waals surface area contributed by atoms with Crippen molar-refractivity contribution in [3.8, 4) is 0 Å². The van der Waals surface area contributed by atoms with Crippen LogP contribution in [0.4, 0.5) is 4.39 Å². The van der Waals surface area contributed by atoms with E-state index >= 15 is 0 Å². The van der Waals surface area contributed by atoms with Gasteiger partial charge >= 0.3 is 0 Å². The Morgan fingerprint density at radius 3 is 2.42 bits per heavy atom. The number of carbonyl (C=O) groups is 1. The Bertz CT molecular complexity index is 154. The third kappa shape index (κ3) is 3.67. The smallest absolute Gasteiger partial charge is 0.239 e. The van der Waals surface area contributed by atoms with Crippen LogP contribution in [0.5, 0.6) is 0 Å². The zero-order valence-electron chi connectivity index (χ0n) is 7.78. The number of amides is 1. The minimum absolute atomic E-state index is 0.00426. The Morgan fingerprint density at radius 1 is 1.58 bits per heavy atom. The first-order chi connectivity index (χ1) is 5.39. The van der Waals surface area contributed by atoms with Crippen molar-refractivity contribution in [1.29, 1.82) is 0 Å². The third-order valence-electron chi connectivity index (χ3n) is 1.52. The Labute approximate surface area is 72.5 Å². The fourth-order valence-electron chi connectivity index (χ4n) is 0.666. The first kappa shape index (κ1) is 11.4. The first-order valence-electron chi connectivity index (χ1n) is 3.94. The van der Waals surface area contributed by atoms with Crippen molar-refractivity contribution in [3.05, 3.63) is 0 Å². The second kappa shape index (κ2) is 4.40. The van der Waals surface area contributed by atoms with Crippen LogP contribution in [0.3, 0.4) is 0 Å². The van der Waals surface area contributed by atoms with Crippen LogP contribution in [0.15, 0.2) is 0 Å². The average molecular weight is 175 g/mol. The largest absolute Gasteiger partial charge is 0.352 e. The van der Waals surface area contributed by atoms with Gasteiger partial charge in [0.05, 0.1) is 0 Å². The summed E-state index contributed by atoms with van der Waals surface area (Å²) in [5, 5.41) is 2.34. The van der Waals surface area contributed by atoms with Gasteiger partial charge in [-0.05, 0) is 5.41 Å². The van der Waals surface area contributed by atoms with Crippen molar-refractivity contribution in [2.75, 3.05) is 13.2 Å². The van der Waals surface area contributed by atoms with E-state index in [0.29, 0.717) is 0 Å². The Balaban J connectivity index is 3.94. The molecule has 0 heterocycles. The van der Waals surface area contributed by atoms with Gasteiger partial charge in [-0.1, -0.05) is 20.8 Å². The van der Waals surface area contributed by atoms with E-state index in [1.807, 2.05) is 0 Å². The number of alkyl halides is 1. The average Bonchev–Trinajstić information content (AvgIpc) is 1.97. The van der Waals surface area contributed by atoms with E-state index in [2.05, 4.69) is 5.32 Å². The van der Waals surface area contributed by atoms with E-state index in [-0.39, 0.29) is 12.0 Å². The zero-order valence-corrected chi connectivity index (χ0v) is 7.78. The molecule has 2 N–H and O–H groups in total. The zero-order chi connectivity index (χ0) is 9.78. The number of nitrogens with one attached hydrogen (secondary N) is 2. The molecule has 1 atom stereocenters. The van der Waals surface area contributed by atoms with Crippen LogP contribution in [0, 0.1) is 5.41 Å². The Morgan fingerprint density at radius 2 is 2.08 bits per heavy atom. The quantitative estimate of drug-likeness (QED) is 0.676. The lowest BCUT2D eigenvalue weighted by atomic mass is 9.87. The van der Waals surface area contributed by atoms with Gasteiger partial charge in [-0.15, -0.1) is 0 Å². The summed E-state index contributed by atoms with van der Waals surface area (Å²) in [6.45, 7) is 4.84. The van der Waals surface area contributed by atoms with Gasteiger partial charge in [-0.2, -0.15) is 0 Å². The summed E-state index contributed by atoms with van der Waals surface area (Å²) >= 11 is 0. The molecular formula is C8H16FN2O. The highest BCUT2D eigenvalue weighted by molar-refractivity contribution is 5.82. The molecule has 0 saturated carbocycles. The summed E-state index contributed by atoms with van der Waals surface area (Å²) in [6, 6.07) is -0.830. The molecule has 1 radical (unpaired) electrons. The van der Waals surface area contributed by atoms with E-state index < -0.39 is 18.6 Å². The highest BCUT2D eigenvalue weighted by Crippen LogP contribution is 2.18. The summed E-state index contributed by atoms with van der Waals surface area (Å²) in [6.07, 6.45) is 0. The predicted molar refractivity (Wildman–Crippen MR) is 45.3 cm³/mol. The molecule has 0 aromatic rings. The van der Waals surface area contributed by atoms with Crippen LogP contribution in [0.25, 0.3) is 0 Å². The van der Waals surface area contributed by atoms with Crippen molar-refractivity contribution >= 4 is 5.91 Å². The lowest BCUT2D eigenvalue weighted by molar-refractivity contribution is -0.124. The maximum atomic E-state index is 11.6. The molecule has 0 aliphatic rings. The molecule has 0 aliphatic heterocycles. The van der Waals surface area contributed by atoms with E-state index in [9.17, 15) is 9.18 Å². The Hall–Kier alpha value is -0.640. The summed E-state index contributed by atoms with van der Waals surface area (Å²) < 4.78 is 11.6. The molecule has 0 spiro atoms. The second-order valence-electron chi connectivity index (χ2n) is 3.78. The summed E-state index contributed by atoms with van der Waals surface area (Å²) in [7, 11) is 0. The van der Waals surface area contributed by atoms with Gasteiger partial charge in [0.1, 0.15) is 12.7 Å². The lowest BCUT2D eigenvalue weighted by Gasteiger charge is -2.24. The van der Waals surface area contributed by atoms with Gasteiger partial charge in [-0.3, -0.25) is 4.79 Å². The minimum atomic E-state index is -0.830. The van der Waals surface area contributed by atoms with Crippen molar-refractivity contribution in [3.63, 3.8) is 0 Å². The number of rotatable bonds is 3. The summed E-state index contributed by atoms with van der Waals surface area (Å²) in [5.41, 5.74) is 7.08. The molecule has 1 amide bonds. The van der Waals surface area contributed by atoms with Gasteiger partial charge in [0.2, 0.25) is 5.91 Å². The summed E-state index contributed by atoms with van der Waals surface area (Å²) in [4.78, 5) is 11.1.